The van der Waals surface area contributed by atoms with E-state index < -0.39 is 0 Å². The van der Waals surface area contributed by atoms with Crippen LogP contribution < -0.4 is 10.6 Å². The molecule has 0 radical (unpaired) electrons. The summed E-state index contributed by atoms with van der Waals surface area (Å²) in [6.45, 7) is 3.47. The zero-order valence-corrected chi connectivity index (χ0v) is 11.3. The SMILES string of the molecule is CN=C(NCc1ccon1)NCc1ccc(C)s1. The van der Waals surface area contributed by atoms with E-state index >= 15 is 0 Å². The van der Waals surface area contributed by atoms with Gasteiger partial charge in [0, 0.05) is 22.9 Å². The summed E-state index contributed by atoms with van der Waals surface area (Å²) in [5, 5.41) is 10.2. The molecule has 6 heteroatoms. The average molecular weight is 264 g/mol. The lowest BCUT2D eigenvalue weighted by Crippen LogP contribution is -2.36. The number of hydrogen-bond acceptors (Lipinski definition) is 4. The second-order valence-corrected chi connectivity index (χ2v) is 5.15. The second kappa shape index (κ2) is 6.20. The lowest BCUT2D eigenvalue weighted by Gasteiger charge is -2.09. The fourth-order valence-corrected chi connectivity index (χ4v) is 2.30. The zero-order valence-electron chi connectivity index (χ0n) is 10.4. The molecule has 2 rings (SSSR count). The third kappa shape index (κ3) is 3.59. The summed E-state index contributed by atoms with van der Waals surface area (Å²) in [5.74, 6) is 0.754. The summed E-state index contributed by atoms with van der Waals surface area (Å²) < 4.78 is 4.76. The first-order valence-corrected chi connectivity index (χ1v) is 6.48. The quantitative estimate of drug-likeness (QED) is 0.654. The van der Waals surface area contributed by atoms with Crippen molar-refractivity contribution < 1.29 is 4.52 Å². The Kier molecular flexibility index (Phi) is 4.35. The number of nitrogens with zero attached hydrogens (tertiary/aromatic N) is 2. The van der Waals surface area contributed by atoms with E-state index in [9.17, 15) is 0 Å². The lowest BCUT2D eigenvalue weighted by molar-refractivity contribution is 0.410. The molecule has 96 valence electrons. The number of guanidine groups is 1. The minimum Gasteiger partial charge on any atom is -0.364 e. The lowest BCUT2D eigenvalue weighted by atomic mass is 10.4. The van der Waals surface area contributed by atoms with Gasteiger partial charge in [-0.15, -0.1) is 11.3 Å². The molecular weight excluding hydrogens is 248 g/mol. The third-order valence-electron chi connectivity index (χ3n) is 2.38. The Balaban J connectivity index is 1.79. The minimum atomic E-state index is 0.597. The molecule has 2 heterocycles. The molecule has 0 aliphatic carbocycles. The van der Waals surface area contributed by atoms with Crippen molar-refractivity contribution in [2.45, 2.75) is 20.0 Å². The molecule has 0 unspecified atom stereocenters. The first kappa shape index (κ1) is 12.6. The average Bonchev–Trinajstić information content (AvgIpc) is 3.01. The van der Waals surface area contributed by atoms with Crippen molar-refractivity contribution >= 4 is 17.3 Å². The van der Waals surface area contributed by atoms with Crippen LogP contribution in [0.15, 0.2) is 34.0 Å². The van der Waals surface area contributed by atoms with E-state index in [-0.39, 0.29) is 0 Å². The molecule has 0 amide bonds. The van der Waals surface area contributed by atoms with Crippen LogP contribution in [-0.2, 0) is 13.1 Å². The third-order valence-corrected chi connectivity index (χ3v) is 3.38. The van der Waals surface area contributed by atoms with Crippen LogP contribution in [0.25, 0.3) is 0 Å². The monoisotopic (exact) mass is 264 g/mol. The van der Waals surface area contributed by atoms with E-state index in [4.69, 9.17) is 4.52 Å². The van der Waals surface area contributed by atoms with E-state index in [1.165, 1.54) is 9.75 Å². The van der Waals surface area contributed by atoms with Crippen LogP contribution in [0, 0.1) is 6.92 Å². The molecule has 2 N–H and O–H groups in total. The first-order valence-electron chi connectivity index (χ1n) is 5.67. The fourth-order valence-electron chi connectivity index (χ4n) is 1.47. The maximum atomic E-state index is 4.76. The summed E-state index contributed by atoms with van der Waals surface area (Å²) in [6.07, 6.45) is 1.56. The van der Waals surface area contributed by atoms with E-state index in [2.05, 4.69) is 39.8 Å². The topological polar surface area (TPSA) is 62.5 Å². The molecule has 0 saturated carbocycles. The predicted octanol–water partition coefficient (Wildman–Crippen LogP) is 1.91. The van der Waals surface area contributed by atoms with E-state index in [1.807, 2.05) is 6.07 Å². The Morgan fingerprint density at radius 2 is 2.17 bits per heavy atom. The van der Waals surface area contributed by atoms with Crippen LogP contribution >= 0.6 is 11.3 Å². The van der Waals surface area contributed by atoms with Crippen LogP contribution in [0.2, 0.25) is 0 Å². The fraction of sp³-hybridized carbons (Fsp3) is 0.333. The number of rotatable bonds is 4. The smallest absolute Gasteiger partial charge is 0.191 e. The van der Waals surface area contributed by atoms with Crippen LogP contribution in [0.1, 0.15) is 15.4 Å². The molecule has 0 saturated heterocycles. The van der Waals surface area contributed by atoms with Crippen molar-refractivity contribution in [2.24, 2.45) is 4.99 Å². The molecule has 0 bridgehead atoms. The van der Waals surface area contributed by atoms with Gasteiger partial charge in [-0.05, 0) is 19.1 Å². The Bertz CT molecular complexity index is 504. The van der Waals surface area contributed by atoms with Gasteiger partial charge < -0.3 is 15.2 Å². The summed E-state index contributed by atoms with van der Waals surface area (Å²) in [5.41, 5.74) is 0.852. The highest BCUT2D eigenvalue weighted by atomic mass is 32.1. The highest BCUT2D eigenvalue weighted by Crippen LogP contribution is 2.14. The maximum Gasteiger partial charge on any atom is 0.191 e. The van der Waals surface area contributed by atoms with E-state index in [1.54, 1.807) is 24.6 Å². The number of aryl methyl sites for hydroxylation is 1. The number of aromatic nitrogens is 1. The molecule has 18 heavy (non-hydrogen) atoms. The molecule has 0 aromatic carbocycles. The Morgan fingerprint density at radius 3 is 2.78 bits per heavy atom. The number of aliphatic imine (C=N–C) groups is 1. The van der Waals surface area contributed by atoms with Gasteiger partial charge in [0.2, 0.25) is 0 Å². The van der Waals surface area contributed by atoms with Crippen molar-refractivity contribution in [3.05, 3.63) is 39.9 Å². The Labute approximate surface area is 110 Å². The Morgan fingerprint density at radius 1 is 1.33 bits per heavy atom. The molecule has 2 aromatic heterocycles. The molecule has 0 aliphatic rings. The van der Waals surface area contributed by atoms with Gasteiger partial charge in [-0.2, -0.15) is 0 Å². The molecule has 2 aromatic rings. The molecule has 5 nitrogen and oxygen atoms in total. The van der Waals surface area contributed by atoms with Gasteiger partial charge in [-0.3, -0.25) is 4.99 Å². The number of thiophene rings is 1. The van der Waals surface area contributed by atoms with Crippen LogP contribution in [-0.4, -0.2) is 18.2 Å². The first-order chi connectivity index (χ1) is 8.78. The number of hydrogen-bond donors (Lipinski definition) is 2. The van der Waals surface area contributed by atoms with Gasteiger partial charge in [0.1, 0.15) is 12.0 Å². The van der Waals surface area contributed by atoms with Gasteiger partial charge >= 0.3 is 0 Å². The summed E-state index contributed by atoms with van der Waals surface area (Å²) >= 11 is 1.78. The van der Waals surface area contributed by atoms with Gasteiger partial charge in [0.05, 0.1) is 13.1 Å². The minimum absolute atomic E-state index is 0.597. The van der Waals surface area contributed by atoms with Crippen molar-refractivity contribution in [2.75, 3.05) is 7.05 Å². The van der Waals surface area contributed by atoms with Crippen molar-refractivity contribution in [1.82, 2.24) is 15.8 Å². The largest absolute Gasteiger partial charge is 0.364 e. The summed E-state index contributed by atoms with van der Waals surface area (Å²) in [6, 6.07) is 6.06. The molecule has 0 fully saturated rings. The van der Waals surface area contributed by atoms with Crippen LogP contribution in [0.5, 0.6) is 0 Å². The number of nitrogens with one attached hydrogen (secondary N) is 2. The predicted molar refractivity (Wildman–Crippen MR) is 72.6 cm³/mol. The Hall–Kier alpha value is -1.82. The van der Waals surface area contributed by atoms with Crippen LogP contribution in [0.4, 0.5) is 0 Å². The molecular formula is C12H16N4OS. The second-order valence-electron chi connectivity index (χ2n) is 3.78. The standard InChI is InChI=1S/C12H16N4OS/c1-9-3-4-11(18-9)8-15-12(13-2)14-7-10-5-6-17-16-10/h3-6H,7-8H2,1-2H3,(H2,13,14,15). The van der Waals surface area contributed by atoms with Crippen molar-refractivity contribution in [1.29, 1.82) is 0 Å². The maximum absolute atomic E-state index is 4.76. The summed E-state index contributed by atoms with van der Waals surface area (Å²) in [7, 11) is 1.75. The van der Waals surface area contributed by atoms with Crippen molar-refractivity contribution in [3.8, 4) is 0 Å². The van der Waals surface area contributed by atoms with Gasteiger partial charge in [0.15, 0.2) is 5.96 Å². The highest BCUT2D eigenvalue weighted by molar-refractivity contribution is 7.11. The van der Waals surface area contributed by atoms with Crippen molar-refractivity contribution in [3.63, 3.8) is 0 Å². The van der Waals surface area contributed by atoms with E-state index in [0.29, 0.717) is 6.54 Å². The van der Waals surface area contributed by atoms with Gasteiger partial charge in [-0.25, -0.2) is 0 Å². The van der Waals surface area contributed by atoms with Gasteiger partial charge in [0.25, 0.3) is 0 Å². The normalized spacial score (nSPS) is 11.6. The summed E-state index contributed by atoms with van der Waals surface area (Å²) in [4.78, 5) is 6.76. The highest BCUT2D eigenvalue weighted by Gasteiger charge is 2.01. The van der Waals surface area contributed by atoms with Gasteiger partial charge in [-0.1, -0.05) is 5.16 Å². The van der Waals surface area contributed by atoms with Crippen LogP contribution in [0.3, 0.4) is 0 Å². The zero-order chi connectivity index (χ0) is 12.8. The molecule has 0 atom stereocenters. The molecule has 0 spiro atoms. The van der Waals surface area contributed by atoms with E-state index in [0.717, 1.165) is 18.2 Å². The molecule has 0 aliphatic heterocycles.